The van der Waals surface area contributed by atoms with Gasteiger partial charge in [0.25, 0.3) is 5.91 Å². The number of hydrogen-bond donors (Lipinski definition) is 2. The van der Waals surface area contributed by atoms with Gasteiger partial charge in [-0.15, -0.1) is 0 Å². The van der Waals surface area contributed by atoms with Crippen LogP contribution in [0.5, 0.6) is 0 Å². The van der Waals surface area contributed by atoms with Gasteiger partial charge >= 0.3 is 0 Å². The number of aryl methyl sites for hydroxylation is 2. The van der Waals surface area contributed by atoms with Crippen LogP contribution in [0.25, 0.3) is 5.82 Å². The van der Waals surface area contributed by atoms with Crippen molar-refractivity contribution in [2.45, 2.75) is 25.5 Å². The van der Waals surface area contributed by atoms with Crippen molar-refractivity contribution in [3.8, 4) is 5.82 Å². The quantitative estimate of drug-likeness (QED) is 0.754. The third-order valence-electron chi connectivity index (χ3n) is 4.65. The molecule has 4 rings (SSSR count). The van der Waals surface area contributed by atoms with E-state index in [-0.39, 0.29) is 11.9 Å². The molecule has 0 saturated carbocycles. The number of benzene rings is 1. The highest BCUT2D eigenvalue weighted by atomic mass is 16.3. The predicted molar refractivity (Wildman–Crippen MR) is 91.4 cm³/mol. The lowest BCUT2D eigenvalue weighted by atomic mass is 10.1. The van der Waals surface area contributed by atoms with Gasteiger partial charge in [-0.05, 0) is 30.5 Å². The Morgan fingerprint density at radius 1 is 1.32 bits per heavy atom. The number of aliphatic hydroxyl groups is 1. The van der Waals surface area contributed by atoms with Crippen molar-refractivity contribution < 1.29 is 9.90 Å². The van der Waals surface area contributed by atoms with Gasteiger partial charge < -0.3 is 10.4 Å². The molecule has 0 fully saturated rings. The van der Waals surface area contributed by atoms with E-state index in [1.807, 2.05) is 24.3 Å². The van der Waals surface area contributed by atoms with Crippen molar-refractivity contribution in [2.24, 2.45) is 7.05 Å². The van der Waals surface area contributed by atoms with E-state index in [4.69, 9.17) is 0 Å². The first-order chi connectivity index (χ1) is 12.1. The van der Waals surface area contributed by atoms with E-state index in [1.165, 1.54) is 0 Å². The molecule has 1 amide bonds. The van der Waals surface area contributed by atoms with Crippen LogP contribution in [0.4, 0.5) is 0 Å². The number of amides is 1. The lowest BCUT2D eigenvalue weighted by Gasteiger charge is -2.17. The summed E-state index contributed by atoms with van der Waals surface area (Å²) >= 11 is 0. The molecule has 128 valence electrons. The van der Waals surface area contributed by atoms with E-state index in [0.29, 0.717) is 23.5 Å². The first kappa shape index (κ1) is 15.6. The van der Waals surface area contributed by atoms with Crippen molar-refractivity contribution in [2.75, 3.05) is 0 Å². The summed E-state index contributed by atoms with van der Waals surface area (Å²) in [6.07, 6.45) is 3.33. The molecule has 0 saturated heterocycles. The molecule has 25 heavy (non-hydrogen) atoms. The van der Waals surface area contributed by atoms with Crippen LogP contribution in [0.3, 0.4) is 0 Å². The lowest BCUT2D eigenvalue weighted by Crippen LogP contribution is -2.38. The minimum Gasteiger partial charge on any atom is -0.386 e. The molecule has 0 bridgehead atoms. The maximum Gasteiger partial charge on any atom is 0.257 e. The maximum absolute atomic E-state index is 12.9. The van der Waals surface area contributed by atoms with Crippen molar-refractivity contribution in [3.05, 3.63) is 65.1 Å². The second kappa shape index (κ2) is 5.86. The minimum atomic E-state index is -0.703. The van der Waals surface area contributed by atoms with Gasteiger partial charge in [0.2, 0.25) is 0 Å². The fourth-order valence-electron chi connectivity index (χ4n) is 3.51. The lowest BCUT2D eigenvalue weighted by molar-refractivity contribution is 0.0858. The molecule has 3 aromatic rings. The zero-order valence-corrected chi connectivity index (χ0v) is 14.0. The number of carbonyl (C=O) groups is 1. The molecule has 7 heteroatoms. The standard InChI is InChI=1S/C18H19N5O2/c1-11-15(18(22(2)21-11)23-9-5-8-19-23)17(25)20-14-10-12-6-3-4-7-13(12)16(14)24/h3-9,14,16,24H,10H2,1-2H3,(H,20,25)/t14-,16-/m1/s1. The van der Waals surface area contributed by atoms with Crippen molar-refractivity contribution in [1.82, 2.24) is 24.9 Å². The Balaban J connectivity index is 1.63. The van der Waals surface area contributed by atoms with Crippen molar-refractivity contribution in [1.29, 1.82) is 0 Å². The van der Waals surface area contributed by atoms with Gasteiger partial charge in [0.05, 0.1) is 17.8 Å². The van der Waals surface area contributed by atoms with E-state index in [2.05, 4.69) is 15.5 Å². The smallest absolute Gasteiger partial charge is 0.257 e. The number of aromatic nitrogens is 4. The molecule has 0 aliphatic heterocycles. The van der Waals surface area contributed by atoms with Crippen LogP contribution in [0.1, 0.15) is 33.3 Å². The summed E-state index contributed by atoms with van der Waals surface area (Å²) in [6, 6.07) is 9.16. The molecule has 2 aromatic heterocycles. The van der Waals surface area contributed by atoms with Crippen LogP contribution in [0.15, 0.2) is 42.7 Å². The van der Waals surface area contributed by atoms with Gasteiger partial charge in [0, 0.05) is 19.4 Å². The highest BCUT2D eigenvalue weighted by Crippen LogP contribution is 2.31. The van der Waals surface area contributed by atoms with Crippen LogP contribution < -0.4 is 5.32 Å². The van der Waals surface area contributed by atoms with Crippen LogP contribution >= 0.6 is 0 Å². The fraction of sp³-hybridized carbons (Fsp3) is 0.278. The summed E-state index contributed by atoms with van der Waals surface area (Å²) < 4.78 is 3.26. The van der Waals surface area contributed by atoms with Crippen molar-refractivity contribution in [3.63, 3.8) is 0 Å². The Hall–Kier alpha value is -2.93. The van der Waals surface area contributed by atoms with E-state index >= 15 is 0 Å². The summed E-state index contributed by atoms with van der Waals surface area (Å²) in [4.78, 5) is 12.9. The summed E-state index contributed by atoms with van der Waals surface area (Å²) in [5.74, 6) is 0.345. The molecular formula is C18H19N5O2. The first-order valence-electron chi connectivity index (χ1n) is 8.16. The first-order valence-corrected chi connectivity index (χ1v) is 8.16. The second-order valence-electron chi connectivity index (χ2n) is 6.29. The topological polar surface area (TPSA) is 85.0 Å². The largest absolute Gasteiger partial charge is 0.386 e. The average molecular weight is 337 g/mol. The molecule has 0 radical (unpaired) electrons. The molecule has 1 aliphatic carbocycles. The minimum absolute atomic E-state index is 0.257. The van der Waals surface area contributed by atoms with Crippen LogP contribution in [-0.2, 0) is 13.5 Å². The maximum atomic E-state index is 12.9. The third kappa shape index (κ3) is 2.53. The Bertz CT molecular complexity index is 929. The van der Waals surface area contributed by atoms with E-state index in [1.54, 1.807) is 41.8 Å². The van der Waals surface area contributed by atoms with E-state index in [9.17, 15) is 9.90 Å². The SMILES string of the molecule is Cc1nn(C)c(-n2cccn2)c1C(=O)N[C@@H]1Cc2ccccc2[C@H]1O. The molecule has 2 N–H and O–H groups in total. The number of hydrogen-bond acceptors (Lipinski definition) is 4. The number of nitrogens with one attached hydrogen (secondary N) is 1. The predicted octanol–water partition coefficient (Wildman–Crippen LogP) is 1.30. The Labute approximate surface area is 144 Å². The normalized spacial score (nSPS) is 19.0. The highest BCUT2D eigenvalue weighted by molar-refractivity contribution is 5.98. The van der Waals surface area contributed by atoms with E-state index < -0.39 is 6.10 Å². The monoisotopic (exact) mass is 337 g/mol. The van der Waals surface area contributed by atoms with Crippen LogP contribution in [-0.4, -0.2) is 36.6 Å². The number of fused-ring (bicyclic) bond motifs is 1. The summed E-state index contributed by atoms with van der Waals surface area (Å²) in [5, 5.41) is 22.0. The second-order valence-corrected chi connectivity index (χ2v) is 6.29. The molecule has 0 unspecified atom stereocenters. The van der Waals surface area contributed by atoms with Gasteiger partial charge in [-0.3, -0.25) is 4.79 Å². The zero-order chi connectivity index (χ0) is 17.6. The number of nitrogens with zero attached hydrogens (tertiary/aromatic N) is 4. The molecule has 7 nitrogen and oxygen atoms in total. The Morgan fingerprint density at radius 3 is 2.84 bits per heavy atom. The molecule has 0 spiro atoms. The fourth-order valence-corrected chi connectivity index (χ4v) is 3.51. The van der Waals surface area contributed by atoms with Gasteiger partial charge in [-0.2, -0.15) is 10.2 Å². The molecule has 2 atom stereocenters. The van der Waals surface area contributed by atoms with Gasteiger partial charge in [0.1, 0.15) is 5.56 Å². The Kier molecular flexibility index (Phi) is 3.65. The molecule has 2 heterocycles. The summed E-state index contributed by atoms with van der Waals surface area (Å²) in [5.41, 5.74) is 3.03. The number of rotatable bonds is 3. The van der Waals surface area contributed by atoms with Crippen LogP contribution in [0, 0.1) is 6.92 Å². The summed E-state index contributed by atoms with van der Waals surface area (Å²) in [6.45, 7) is 1.79. The van der Waals surface area contributed by atoms with Gasteiger partial charge in [-0.25, -0.2) is 9.36 Å². The highest BCUT2D eigenvalue weighted by Gasteiger charge is 2.33. The van der Waals surface area contributed by atoms with Crippen molar-refractivity contribution >= 4 is 5.91 Å². The molecule has 1 aliphatic rings. The van der Waals surface area contributed by atoms with Gasteiger partial charge in [-0.1, -0.05) is 24.3 Å². The third-order valence-corrected chi connectivity index (χ3v) is 4.65. The summed E-state index contributed by atoms with van der Waals surface area (Å²) in [7, 11) is 1.78. The average Bonchev–Trinajstić information content (AvgIpc) is 3.27. The zero-order valence-electron chi connectivity index (χ0n) is 14.0. The number of aliphatic hydroxyl groups excluding tert-OH is 1. The van der Waals surface area contributed by atoms with Gasteiger partial charge in [0.15, 0.2) is 5.82 Å². The molecule has 1 aromatic carbocycles. The van der Waals surface area contributed by atoms with Crippen LogP contribution in [0.2, 0.25) is 0 Å². The molecular weight excluding hydrogens is 318 g/mol. The van der Waals surface area contributed by atoms with E-state index in [0.717, 1.165) is 11.1 Å². The number of carbonyl (C=O) groups excluding carboxylic acids is 1. The Morgan fingerprint density at radius 2 is 2.12 bits per heavy atom.